The van der Waals surface area contributed by atoms with Crippen molar-refractivity contribution in [1.29, 1.82) is 0 Å². The number of amides is 1. The van der Waals surface area contributed by atoms with Crippen LogP contribution in [0.1, 0.15) is 33.1 Å². The number of piperidine rings is 1. The van der Waals surface area contributed by atoms with E-state index in [1.165, 1.54) is 0 Å². The molecule has 1 N–H and O–H groups in total. The maximum Gasteiger partial charge on any atom is 0.303 e. The molecule has 0 saturated carbocycles. The standard InChI is InChI=1S/C14H26N2O3/c1-4-15(3)13(17)10-16-7-5-6-12(9-16)11(2)8-14(18)19/h11-12H,4-10H2,1-3H3,(H,18,19). The van der Waals surface area contributed by atoms with Crippen LogP contribution in [0.5, 0.6) is 0 Å². The highest BCUT2D eigenvalue weighted by molar-refractivity contribution is 5.77. The first-order valence-corrected chi connectivity index (χ1v) is 7.12. The Balaban J connectivity index is 2.45. The van der Waals surface area contributed by atoms with Crippen LogP contribution in [-0.4, -0.2) is 60.0 Å². The molecule has 5 nitrogen and oxygen atoms in total. The van der Waals surface area contributed by atoms with Crippen LogP contribution < -0.4 is 0 Å². The van der Waals surface area contributed by atoms with E-state index < -0.39 is 5.97 Å². The molecule has 1 aliphatic heterocycles. The first-order chi connectivity index (χ1) is 8.93. The molecule has 1 heterocycles. The van der Waals surface area contributed by atoms with Gasteiger partial charge in [0.05, 0.1) is 6.54 Å². The number of carbonyl (C=O) groups is 2. The first kappa shape index (κ1) is 16.0. The van der Waals surface area contributed by atoms with Crippen LogP contribution in [0.25, 0.3) is 0 Å². The molecule has 19 heavy (non-hydrogen) atoms. The normalized spacial score (nSPS) is 21.9. The third-order valence-corrected chi connectivity index (χ3v) is 4.10. The summed E-state index contributed by atoms with van der Waals surface area (Å²) >= 11 is 0. The van der Waals surface area contributed by atoms with Crippen molar-refractivity contribution >= 4 is 11.9 Å². The van der Waals surface area contributed by atoms with Crippen LogP contribution in [0, 0.1) is 11.8 Å². The minimum absolute atomic E-state index is 0.147. The minimum atomic E-state index is -0.730. The number of carbonyl (C=O) groups excluding carboxylic acids is 1. The summed E-state index contributed by atoms with van der Waals surface area (Å²) in [5.41, 5.74) is 0. The lowest BCUT2D eigenvalue weighted by Gasteiger charge is -2.35. The number of carboxylic acid groups (broad SMARTS) is 1. The van der Waals surface area contributed by atoms with Gasteiger partial charge in [-0.3, -0.25) is 14.5 Å². The highest BCUT2D eigenvalue weighted by atomic mass is 16.4. The van der Waals surface area contributed by atoms with Gasteiger partial charge in [-0.15, -0.1) is 0 Å². The van der Waals surface area contributed by atoms with E-state index in [2.05, 4.69) is 4.90 Å². The lowest BCUT2D eigenvalue weighted by Crippen LogP contribution is -2.44. The molecule has 1 amide bonds. The van der Waals surface area contributed by atoms with Crippen molar-refractivity contribution in [1.82, 2.24) is 9.80 Å². The van der Waals surface area contributed by atoms with Crippen molar-refractivity contribution in [3.8, 4) is 0 Å². The van der Waals surface area contributed by atoms with Gasteiger partial charge in [-0.05, 0) is 38.1 Å². The van der Waals surface area contributed by atoms with Crippen LogP contribution in [0.3, 0.4) is 0 Å². The largest absolute Gasteiger partial charge is 0.481 e. The van der Waals surface area contributed by atoms with E-state index in [9.17, 15) is 9.59 Å². The number of aliphatic carboxylic acids is 1. The van der Waals surface area contributed by atoms with Gasteiger partial charge < -0.3 is 10.0 Å². The van der Waals surface area contributed by atoms with Gasteiger partial charge in [0.15, 0.2) is 0 Å². The van der Waals surface area contributed by atoms with Gasteiger partial charge in [-0.25, -0.2) is 0 Å². The second-order valence-electron chi connectivity index (χ2n) is 5.62. The quantitative estimate of drug-likeness (QED) is 0.790. The maximum absolute atomic E-state index is 11.9. The second kappa shape index (κ2) is 7.48. The molecular weight excluding hydrogens is 244 g/mol. The number of likely N-dealkylation sites (N-methyl/N-ethyl adjacent to an activating group) is 1. The van der Waals surface area contributed by atoms with Crippen LogP contribution in [0.2, 0.25) is 0 Å². The van der Waals surface area contributed by atoms with Crippen molar-refractivity contribution < 1.29 is 14.7 Å². The van der Waals surface area contributed by atoms with Crippen LogP contribution in [0.15, 0.2) is 0 Å². The topological polar surface area (TPSA) is 60.9 Å². The SMILES string of the molecule is CCN(C)C(=O)CN1CCCC(C(C)CC(=O)O)C1. The number of rotatable bonds is 6. The van der Waals surface area contributed by atoms with Gasteiger partial charge in [-0.2, -0.15) is 0 Å². The molecule has 2 atom stereocenters. The van der Waals surface area contributed by atoms with E-state index in [1.54, 1.807) is 4.90 Å². The molecule has 1 saturated heterocycles. The Labute approximate surface area is 115 Å². The highest BCUT2D eigenvalue weighted by Crippen LogP contribution is 2.25. The second-order valence-corrected chi connectivity index (χ2v) is 5.62. The molecule has 1 aliphatic rings. The number of likely N-dealkylation sites (tertiary alicyclic amines) is 1. The summed E-state index contributed by atoms with van der Waals surface area (Å²) in [4.78, 5) is 26.5. The van der Waals surface area contributed by atoms with E-state index in [4.69, 9.17) is 5.11 Å². The molecule has 1 rings (SSSR count). The first-order valence-electron chi connectivity index (χ1n) is 7.12. The van der Waals surface area contributed by atoms with Gasteiger partial charge in [0.1, 0.15) is 0 Å². The average molecular weight is 270 g/mol. The Morgan fingerprint density at radius 3 is 2.74 bits per heavy atom. The predicted octanol–water partition coefficient (Wildman–Crippen LogP) is 1.29. The Morgan fingerprint density at radius 2 is 2.16 bits per heavy atom. The molecule has 0 aromatic rings. The Kier molecular flexibility index (Phi) is 6.28. The number of hydrogen-bond donors (Lipinski definition) is 1. The smallest absolute Gasteiger partial charge is 0.303 e. The molecule has 0 aliphatic carbocycles. The molecule has 0 aromatic heterocycles. The fraction of sp³-hybridized carbons (Fsp3) is 0.857. The van der Waals surface area contributed by atoms with Gasteiger partial charge in [0.2, 0.25) is 5.91 Å². The van der Waals surface area contributed by atoms with E-state index in [0.29, 0.717) is 12.5 Å². The maximum atomic E-state index is 11.9. The van der Waals surface area contributed by atoms with Gasteiger partial charge in [0, 0.05) is 26.6 Å². The van der Waals surface area contributed by atoms with Gasteiger partial charge in [0.25, 0.3) is 0 Å². The van der Waals surface area contributed by atoms with Crippen molar-refractivity contribution in [2.75, 3.05) is 33.2 Å². The van der Waals surface area contributed by atoms with Crippen molar-refractivity contribution in [3.05, 3.63) is 0 Å². The fourth-order valence-corrected chi connectivity index (χ4v) is 2.63. The molecule has 0 aromatic carbocycles. The molecular formula is C14H26N2O3. The summed E-state index contributed by atoms with van der Waals surface area (Å²) in [6, 6.07) is 0. The number of nitrogens with zero attached hydrogens (tertiary/aromatic N) is 2. The molecule has 0 radical (unpaired) electrons. The third kappa shape index (κ3) is 5.19. The summed E-state index contributed by atoms with van der Waals surface area (Å²) in [5.74, 6) is -0.00987. The lowest BCUT2D eigenvalue weighted by molar-refractivity contribution is -0.139. The molecule has 2 unspecified atom stereocenters. The summed E-state index contributed by atoms with van der Waals surface area (Å²) in [5, 5.41) is 8.86. The van der Waals surface area contributed by atoms with Crippen molar-refractivity contribution in [3.63, 3.8) is 0 Å². The number of carboxylic acids is 1. The zero-order valence-electron chi connectivity index (χ0n) is 12.3. The average Bonchev–Trinajstić information content (AvgIpc) is 2.37. The van der Waals surface area contributed by atoms with E-state index in [1.807, 2.05) is 20.9 Å². The van der Waals surface area contributed by atoms with Gasteiger partial charge >= 0.3 is 5.97 Å². The fourth-order valence-electron chi connectivity index (χ4n) is 2.63. The molecule has 5 heteroatoms. The summed E-state index contributed by atoms with van der Waals surface area (Å²) in [6.07, 6.45) is 2.35. The van der Waals surface area contributed by atoms with E-state index in [0.717, 1.165) is 32.5 Å². The Bertz CT molecular complexity index is 320. The molecule has 0 bridgehead atoms. The molecule has 0 spiro atoms. The Hall–Kier alpha value is -1.10. The molecule has 110 valence electrons. The summed E-state index contributed by atoms with van der Waals surface area (Å²) in [6.45, 7) is 6.94. The minimum Gasteiger partial charge on any atom is -0.481 e. The van der Waals surface area contributed by atoms with E-state index in [-0.39, 0.29) is 18.2 Å². The van der Waals surface area contributed by atoms with Crippen LogP contribution >= 0.6 is 0 Å². The Morgan fingerprint density at radius 1 is 1.47 bits per heavy atom. The highest BCUT2D eigenvalue weighted by Gasteiger charge is 2.27. The van der Waals surface area contributed by atoms with Crippen molar-refractivity contribution in [2.45, 2.75) is 33.1 Å². The van der Waals surface area contributed by atoms with Crippen molar-refractivity contribution in [2.24, 2.45) is 11.8 Å². The molecule has 1 fully saturated rings. The van der Waals surface area contributed by atoms with Crippen LogP contribution in [0.4, 0.5) is 0 Å². The predicted molar refractivity (Wildman–Crippen MR) is 73.9 cm³/mol. The van der Waals surface area contributed by atoms with E-state index >= 15 is 0 Å². The number of hydrogen-bond acceptors (Lipinski definition) is 3. The third-order valence-electron chi connectivity index (χ3n) is 4.10. The zero-order chi connectivity index (χ0) is 14.4. The summed E-state index contributed by atoms with van der Waals surface area (Å²) < 4.78 is 0. The monoisotopic (exact) mass is 270 g/mol. The zero-order valence-corrected chi connectivity index (χ0v) is 12.3. The van der Waals surface area contributed by atoms with Crippen LogP contribution in [-0.2, 0) is 9.59 Å². The van der Waals surface area contributed by atoms with Gasteiger partial charge in [-0.1, -0.05) is 6.92 Å². The lowest BCUT2D eigenvalue weighted by atomic mass is 9.84. The summed E-state index contributed by atoms with van der Waals surface area (Å²) in [7, 11) is 1.82.